The first kappa shape index (κ1) is 24.9. The normalized spacial score (nSPS) is 10.6. The molecule has 0 radical (unpaired) electrons. The fourth-order valence-corrected chi connectivity index (χ4v) is 2.30. The summed E-state index contributed by atoms with van der Waals surface area (Å²) in [5.41, 5.74) is 1.73. The lowest BCUT2D eigenvalue weighted by molar-refractivity contribution is -0.244. The molecule has 2 N–H and O–H groups in total. The van der Waals surface area contributed by atoms with Gasteiger partial charge in [-0.3, -0.25) is 10.6 Å². The van der Waals surface area contributed by atoms with E-state index >= 15 is 0 Å². The second kappa shape index (κ2) is 13.2. The van der Waals surface area contributed by atoms with E-state index in [1.807, 2.05) is 13.8 Å². The van der Waals surface area contributed by atoms with E-state index in [9.17, 15) is 9.59 Å². The monoisotopic (exact) mass is 418 g/mol. The molecule has 0 aliphatic heterocycles. The Balaban J connectivity index is 2.75. The molecule has 164 valence electrons. The average Bonchev–Trinajstić information content (AvgIpc) is 2.74. The van der Waals surface area contributed by atoms with Gasteiger partial charge in [0.25, 0.3) is 0 Å². The van der Waals surface area contributed by atoms with Crippen LogP contribution in [0.1, 0.15) is 18.9 Å². The first-order chi connectivity index (χ1) is 14.4. The summed E-state index contributed by atoms with van der Waals surface area (Å²) >= 11 is 0. The third kappa shape index (κ3) is 8.50. The topological polar surface area (TPSA) is 95.1 Å². The van der Waals surface area contributed by atoms with Gasteiger partial charge in [0.2, 0.25) is 5.79 Å². The van der Waals surface area contributed by atoms with E-state index < -0.39 is 18.0 Å². The van der Waals surface area contributed by atoms with Gasteiger partial charge in [0.15, 0.2) is 0 Å². The van der Waals surface area contributed by atoms with Crippen molar-refractivity contribution in [2.75, 3.05) is 37.1 Å². The number of carbonyl (C=O) groups excluding carboxylic acids is 2. The van der Waals surface area contributed by atoms with Crippen molar-refractivity contribution >= 4 is 23.6 Å². The SMILES string of the molecule is C=CCOC(=O)Nc1cc(NC(=O)OCC(CC)(OCC=C)OCC=C)ccc1C. The number of rotatable bonds is 13. The van der Waals surface area contributed by atoms with Gasteiger partial charge in [-0.25, -0.2) is 9.59 Å². The van der Waals surface area contributed by atoms with Gasteiger partial charge in [-0.2, -0.15) is 0 Å². The summed E-state index contributed by atoms with van der Waals surface area (Å²) in [6.07, 6.45) is 3.78. The van der Waals surface area contributed by atoms with E-state index in [2.05, 4.69) is 30.4 Å². The maximum Gasteiger partial charge on any atom is 0.411 e. The van der Waals surface area contributed by atoms with Crippen LogP contribution in [0.25, 0.3) is 0 Å². The van der Waals surface area contributed by atoms with Crippen LogP contribution in [0.5, 0.6) is 0 Å². The van der Waals surface area contributed by atoms with Crippen molar-refractivity contribution in [2.24, 2.45) is 0 Å². The predicted molar refractivity (Wildman–Crippen MR) is 117 cm³/mol. The Hall–Kier alpha value is -3.10. The van der Waals surface area contributed by atoms with E-state index in [0.29, 0.717) is 17.8 Å². The molecule has 0 bridgehead atoms. The number of nitrogens with one attached hydrogen (secondary N) is 2. The molecule has 0 saturated carbocycles. The lowest BCUT2D eigenvalue weighted by Gasteiger charge is -2.31. The minimum absolute atomic E-state index is 0.0934. The zero-order valence-electron chi connectivity index (χ0n) is 17.6. The minimum Gasteiger partial charge on any atom is -0.445 e. The Kier molecular flexibility index (Phi) is 11.0. The average molecular weight is 418 g/mol. The van der Waals surface area contributed by atoms with Gasteiger partial charge >= 0.3 is 12.2 Å². The fraction of sp³-hybridized carbons (Fsp3) is 0.364. The number of hydrogen-bond donors (Lipinski definition) is 2. The second-order valence-electron chi connectivity index (χ2n) is 6.21. The molecule has 0 atom stereocenters. The number of ether oxygens (including phenoxy) is 4. The van der Waals surface area contributed by atoms with Crippen molar-refractivity contribution < 1.29 is 28.5 Å². The highest BCUT2D eigenvalue weighted by Crippen LogP contribution is 2.22. The summed E-state index contributed by atoms with van der Waals surface area (Å²) < 4.78 is 21.6. The van der Waals surface area contributed by atoms with Gasteiger partial charge in [-0.1, -0.05) is 37.8 Å². The van der Waals surface area contributed by atoms with Gasteiger partial charge in [0.05, 0.1) is 13.2 Å². The summed E-state index contributed by atoms with van der Waals surface area (Å²) in [6.45, 7) is 14.8. The number of benzene rings is 1. The molecular weight excluding hydrogens is 388 g/mol. The Morgan fingerprint density at radius 1 is 0.967 bits per heavy atom. The molecule has 0 unspecified atom stereocenters. The number of hydrogen-bond acceptors (Lipinski definition) is 6. The third-order valence-electron chi connectivity index (χ3n) is 3.94. The van der Waals surface area contributed by atoms with Crippen LogP contribution in [0.3, 0.4) is 0 Å². The zero-order chi connectivity index (χ0) is 22.4. The van der Waals surface area contributed by atoms with Crippen LogP contribution in [0, 0.1) is 6.92 Å². The quantitative estimate of drug-likeness (QED) is 0.353. The zero-order valence-corrected chi connectivity index (χ0v) is 17.6. The second-order valence-corrected chi connectivity index (χ2v) is 6.21. The highest BCUT2D eigenvalue weighted by Gasteiger charge is 2.31. The van der Waals surface area contributed by atoms with Crippen LogP contribution in [0.4, 0.5) is 21.0 Å². The Morgan fingerprint density at radius 2 is 1.57 bits per heavy atom. The molecule has 1 aromatic rings. The molecule has 0 fully saturated rings. The molecule has 2 amide bonds. The van der Waals surface area contributed by atoms with E-state index in [0.717, 1.165) is 5.56 Å². The van der Waals surface area contributed by atoms with Gasteiger partial charge in [0, 0.05) is 17.8 Å². The molecule has 0 spiro atoms. The van der Waals surface area contributed by atoms with Crippen molar-refractivity contribution in [1.29, 1.82) is 0 Å². The van der Waals surface area contributed by atoms with Crippen LogP contribution in [-0.4, -0.2) is 44.4 Å². The summed E-state index contributed by atoms with van der Waals surface area (Å²) in [5, 5.41) is 5.22. The van der Waals surface area contributed by atoms with Crippen molar-refractivity contribution in [3.63, 3.8) is 0 Å². The van der Waals surface area contributed by atoms with E-state index in [1.54, 1.807) is 30.4 Å². The summed E-state index contributed by atoms with van der Waals surface area (Å²) in [6, 6.07) is 5.03. The maximum absolute atomic E-state index is 12.3. The molecule has 1 aromatic carbocycles. The first-order valence-corrected chi connectivity index (χ1v) is 9.48. The molecule has 0 heterocycles. The van der Waals surface area contributed by atoms with Crippen LogP contribution < -0.4 is 10.6 Å². The molecule has 8 heteroatoms. The molecular formula is C22H30N2O6. The van der Waals surface area contributed by atoms with Gasteiger partial charge in [-0.15, -0.1) is 13.2 Å². The summed E-state index contributed by atoms with van der Waals surface area (Å²) in [5.74, 6) is -1.10. The summed E-state index contributed by atoms with van der Waals surface area (Å²) in [4.78, 5) is 24.0. The van der Waals surface area contributed by atoms with Crippen molar-refractivity contribution in [2.45, 2.75) is 26.1 Å². The molecule has 0 saturated heterocycles. The standard InChI is InChI=1S/C22H30N2O6/c1-6-12-27-21(26)24-19-15-18(11-10-17(19)5)23-20(25)28-16-22(9-4,29-13-7-2)30-14-8-3/h6-8,10-11,15H,1-3,9,12-14,16H2,4-5H3,(H,23,25)(H,24,26). The molecule has 1 rings (SSSR count). The van der Waals surface area contributed by atoms with E-state index in [4.69, 9.17) is 18.9 Å². The number of carbonyl (C=O) groups is 2. The Bertz CT molecular complexity index is 735. The molecule has 30 heavy (non-hydrogen) atoms. The minimum atomic E-state index is -1.10. The highest BCUT2D eigenvalue weighted by molar-refractivity contribution is 5.89. The predicted octanol–water partition coefficient (Wildman–Crippen LogP) is 4.79. The largest absolute Gasteiger partial charge is 0.445 e. The van der Waals surface area contributed by atoms with Gasteiger partial charge in [0.1, 0.15) is 13.2 Å². The molecule has 0 aliphatic rings. The van der Waals surface area contributed by atoms with Crippen LogP contribution in [0.15, 0.2) is 56.2 Å². The van der Waals surface area contributed by atoms with Gasteiger partial charge in [-0.05, 0) is 24.6 Å². The Morgan fingerprint density at radius 3 is 2.13 bits per heavy atom. The van der Waals surface area contributed by atoms with Crippen LogP contribution in [0.2, 0.25) is 0 Å². The molecule has 0 aromatic heterocycles. The van der Waals surface area contributed by atoms with Crippen molar-refractivity contribution in [1.82, 2.24) is 0 Å². The first-order valence-electron chi connectivity index (χ1n) is 9.48. The van der Waals surface area contributed by atoms with E-state index in [1.165, 1.54) is 6.08 Å². The smallest absolute Gasteiger partial charge is 0.411 e. The molecule has 8 nitrogen and oxygen atoms in total. The van der Waals surface area contributed by atoms with Crippen LogP contribution in [-0.2, 0) is 18.9 Å². The molecule has 0 aliphatic carbocycles. The highest BCUT2D eigenvalue weighted by atomic mass is 16.7. The van der Waals surface area contributed by atoms with Crippen LogP contribution >= 0.6 is 0 Å². The fourth-order valence-electron chi connectivity index (χ4n) is 2.30. The summed E-state index contributed by atoms with van der Waals surface area (Å²) in [7, 11) is 0. The lowest BCUT2D eigenvalue weighted by Crippen LogP contribution is -2.42. The lowest BCUT2D eigenvalue weighted by atomic mass is 10.2. The van der Waals surface area contributed by atoms with Crippen molar-refractivity contribution in [3.05, 3.63) is 61.7 Å². The maximum atomic E-state index is 12.3. The van der Waals surface area contributed by atoms with E-state index in [-0.39, 0.29) is 26.4 Å². The van der Waals surface area contributed by atoms with Gasteiger partial charge < -0.3 is 18.9 Å². The number of amides is 2. The third-order valence-corrected chi connectivity index (χ3v) is 3.94. The number of anilines is 2. The number of aryl methyl sites for hydroxylation is 1. The van der Waals surface area contributed by atoms with Crippen molar-refractivity contribution in [3.8, 4) is 0 Å². The Labute approximate surface area is 177 Å².